The molecule has 2 saturated carbocycles. The highest BCUT2D eigenvalue weighted by molar-refractivity contribution is 7.15. The van der Waals surface area contributed by atoms with Gasteiger partial charge >= 0.3 is 5.97 Å². The second-order valence-corrected chi connectivity index (χ2v) is 6.92. The summed E-state index contributed by atoms with van der Waals surface area (Å²) in [7, 11) is 0. The molecule has 2 heterocycles. The molecule has 2 aliphatic carbocycles. The fraction of sp³-hybridized carbons (Fsp3) is 0.571. The van der Waals surface area contributed by atoms with E-state index in [1.807, 2.05) is 22.2 Å². The Morgan fingerprint density at radius 1 is 1.58 bits per heavy atom. The monoisotopic (exact) mass is 276 g/mol. The molecule has 0 spiro atoms. The van der Waals surface area contributed by atoms with Crippen molar-refractivity contribution < 1.29 is 9.90 Å². The van der Waals surface area contributed by atoms with Gasteiger partial charge in [0.25, 0.3) is 0 Å². The Morgan fingerprint density at radius 3 is 3.11 bits per heavy atom. The predicted octanol–water partition coefficient (Wildman–Crippen LogP) is 2.83. The van der Waals surface area contributed by atoms with Gasteiger partial charge in [0.1, 0.15) is 0 Å². The number of rotatable bonds is 3. The van der Waals surface area contributed by atoms with Crippen molar-refractivity contribution in [2.24, 2.45) is 17.3 Å². The maximum atomic E-state index is 11.8. The van der Waals surface area contributed by atoms with Gasteiger partial charge in [-0.25, -0.2) is 4.98 Å². The fourth-order valence-electron chi connectivity index (χ4n) is 4.18. The number of carbonyl (C=O) groups is 1. The number of fused-ring (bicyclic) bond motifs is 3. The summed E-state index contributed by atoms with van der Waals surface area (Å²) in [4.78, 5) is 17.4. The average Bonchev–Trinajstić information content (AvgIpc) is 3.05. The molecule has 2 aliphatic rings. The van der Waals surface area contributed by atoms with E-state index < -0.39 is 11.4 Å². The lowest BCUT2D eigenvalue weighted by Gasteiger charge is -2.32. The van der Waals surface area contributed by atoms with Crippen LogP contribution in [0.3, 0.4) is 0 Å². The topological polar surface area (TPSA) is 54.6 Å². The third-order valence-corrected chi connectivity index (χ3v) is 5.81. The van der Waals surface area contributed by atoms with Crippen LogP contribution in [0.1, 0.15) is 31.4 Å². The SMILES string of the molecule is O=C(O)C1(Cc2cn3ccsc3n2)CC2CCC1C2. The van der Waals surface area contributed by atoms with E-state index in [9.17, 15) is 9.90 Å². The third kappa shape index (κ3) is 1.57. The number of nitrogens with zero attached hydrogens (tertiary/aromatic N) is 2. The van der Waals surface area contributed by atoms with Crippen LogP contribution in [0.5, 0.6) is 0 Å². The Labute approximate surface area is 115 Å². The van der Waals surface area contributed by atoms with Gasteiger partial charge in [0.05, 0.1) is 11.1 Å². The van der Waals surface area contributed by atoms with E-state index in [0.717, 1.165) is 29.9 Å². The molecular formula is C14H16N2O2S. The molecule has 0 amide bonds. The highest BCUT2D eigenvalue weighted by atomic mass is 32.1. The molecule has 3 unspecified atom stereocenters. The fourth-order valence-corrected chi connectivity index (χ4v) is 4.90. The first-order valence-electron chi connectivity index (χ1n) is 6.82. The van der Waals surface area contributed by atoms with E-state index >= 15 is 0 Å². The number of carboxylic acid groups (broad SMARTS) is 1. The van der Waals surface area contributed by atoms with Crippen LogP contribution < -0.4 is 0 Å². The van der Waals surface area contributed by atoms with Crippen molar-refractivity contribution in [1.29, 1.82) is 0 Å². The summed E-state index contributed by atoms with van der Waals surface area (Å²) in [6.45, 7) is 0. The molecule has 1 N–H and O–H groups in total. The molecule has 4 rings (SSSR count). The Hall–Kier alpha value is -1.36. The summed E-state index contributed by atoms with van der Waals surface area (Å²) in [5, 5.41) is 11.7. The van der Waals surface area contributed by atoms with E-state index in [-0.39, 0.29) is 0 Å². The van der Waals surface area contributed by atoms with Crippen LogP contribution >= 0.6 is 11.3 Å². The Bertz CT molecular complexity index is 618. The van der Waals surface area contributed by atoms with E-state index in [1.165, 1.54) is 6.42 Å². The first-order valence-corrected chi connectivity index (χ1v) is 7.70. The van der Waals surface area contributed by atoms with Crippen molar-refractivity contribution in [3.05, 3.63) is 23.5 Å². The zero-order valence-electron chi connectivity index (χ0n) is 10.6. The normalized spacial score (nSPS) is 33.3. The standard InChI is InChI=1S/C14H16N2O2S/c17-12(18)14(6-9-1-2-10(14)5-9)7-11-8-16-3-4-19-13(16)15-11/h3-4,8-10H,1-2,5-7H2,(H,17,18). The van der Waals surface area contributed by atoms with Crippen molar-refractivity contribution >= 4 is 22.3 Å². The number of hydrogen-bond acceptors (Lipinski definition) is 3. The quantitative estimate of drug-likeness (QED) is 0.938. The van der Waals surface area contributed by atoms with Crippen LogP contribution in [-0.4, -0.2) is 20.5 Å². The van der Waals surface area contributed by atoms with E-state index in [2.05, 4.69) is 4.98 Å². The van der Waals surface area contributed by atoms with Gasteiger partial charge in [-0.2, -0.15) is 0 Å². The Morgan fingerprint density at radius 2 is 2.47 bits per heavy atom. The minimum absolute atomic E-state index is 0.356. The molecule has 0 aromatic carbocycles. The second-order valence-electron chi connectivity index (χ2n) is 6.04. The zero-order chi connectivity index (χ0) is 13.0. The van der Waals surface area contributed by atoms with Crippen molar-refractivity contribution in [2.75, 3.05) is 0 Å². The number of thiazole rings is 1. The summed E-state index contributed by atoms with van der Waals surface area (Å²) in [6, 6.07) is 0. The molecule has 0 saturated heterocycles. The van der Waals surface area contributed by atoms with Gasteiger partial charge in [0, 0.05) is 24.2 Å². The Kier molecular flexibility index (Phi) is 2.31. The number of carboxylic acids is 1. The van der Waals surface area contributed by atoms with Crippen molar-refractivity contribution in [3.8, 4) is 0 Å². The first-order chi connectivity index (χ1) is 9.17. The van der Waals surface area contributed by atoms with Crippen LogP contribution in [0, 0.1) is 17.3 Å². The molecule has 2 fully saturated rings. The molecule has 3 atom stereocenters. The number of imidazole rings is 1. The Balaban J connectivity index is 1.69. The van der Waals surface area contributed by atoms with Gasteiger partial charge in [0.15, 0.2) is 4.96 Å². The van der Waals surface area contributed by atoms with E-state index in [0.29, 0.717) is 18.3 Å². The van der Waals surface area contributed by atoms with Crippen LogP contribution in [0.2, 0.25) is 0 Å². The largest absolute Gasteiger partial charge is 0.481 e. The second kappa shape index (κ2) is 3.82. The first kappa shape index (κ1) is 11.5. The van der Waals surface area contributed by atoms with Crippen molar-refractivity contribution in [1.82, 2.24) is 9.38 Å². The molecule has 19 heavy (non-hydrogen) atoms. The van der Waals surface area contributed by atoms with Crippen LogP contribution in [-0.2, 0) is 11.2 Å². The van der Waals surface area contributed by atoms with Crippen molar-refractivity contribution in [3.63, 3.8) is 0 Å². The van der Waals surface area contributed by atoms with Gasteiger partial charge in [-0.15, -0.1) is 11.3 Å². The van der Waals surface area contributed by atoms with Crippen LogP contribution in [0.25, 0.3) is 4.96 Å². The smallest absolute Gasteiger partial charge is 0.310 e. The summed E-state index contributed by atoms with van der Waals surface area (Å²) in [6.07, 6.45) is 8.81. The summed E-state index contributed by atoms with van der Waals surface area (Å²) < 4.78 is 1.99. The lowest BCUT2D eigenvalue weighted by atomic mass is 9.70. The predicted molar refractivity (Wildman–Crippen MR) is 72.3 cm³/mol. The minimum atomic E-state index is -0.615. The molecule has 5 heteroatoms. The molecule has 2 aromatic rings. The highest BCUT2D eigenvalue weighted by Gasteiger charge is 2.55. The summed E-state index contributed by atoms with van der Waals surface area (Å²) in [5.41, 5.74) is 0.384. The summed E-state index contributed by atoms with van der Waals surface area (Å²) >= 11 is 1.59. The highest BCUT2D eigenvalue weighted by Crippen LogP contribution is 2.57. The van der Waals surface area contributed by atoms with Gasteiger partial charge in [-0.05, 0) is 31.1 Å². The number of aromatic nitrogens is 2. The molecule has 2 aromatic heterocycles. The van der Waals surface area contributed by atoms with E-state index in [4.69, 9.17) is 0 Å². The maximum absolute atomic E-state index is 11.8. The molecule has 2 bridgehead atoms. The van der Waals surface area contributed by atoms with Crippen LogP contribution in [0.4, 0.5) is 0 Å². The van der Waals surface area contributed by atoms with Gasteiger partial charge in [-0.1, -0.05) is 6.42 Å². The number of aliphatic carboxylic acids is 1. The molecule has 4 nitrogen and oxygen atoms in total. The van der Waals surface area contributed by atoms with Gasteiger partial charge in [-0.3, -0.25) is 9.20 Å². The van der Waals surface area contributed by atoms with Gasteiger partial charge in [0.2, 0.25) is 0 Å². The lowest BCUT2D eigenvalue weighted by molar-refractivity contribution is -0.152. The molecule has 100 valence electrons. The number of hydrogen-bond donors (Lipinski definition) is 1. The lowest BCUT2D eigenvalue weighted by Crippen LogP contribution is -2.38. The summed E-state index contributed by atoms with van der Waals surface area (Å²) in [5.74, 6) is 0.371. The molecular weight excluding hydrogens is 260 g/mol. The van der Waals surface area contributed by atoms with Crippen LogP contribution in [0.15, 0.2) is 17.8 Å². The molecule has 0 radical (unpaired) electrons. The average molecular weight is 276 g/mol. The molecule has 0 aliphatic heterocycles. The maximum Gasteiger partial charge on any atom is 0.310 e. The van der Waals surface area contributed by atoms with E-state index in [1.54, 1.807) is 11.3 Å². The van der Waals surface area contributed by atoms with Gasteiger partial charge < -0.3 is 5.11 Å². The minimum Gasteiger partial charge on any atom is -0.481 e. The zero-order valence-corrected chi connectivity index (χ0v) is 11.4. The van der Waals surface area contributed by atoms with Crippen molar-refractivity contribution in [2.45, 2.75) is 32.1 Å². The third-order valence-electron chi connectivity index (χ3n) is 5.04.